The highest BCUT2D eigenvalue weighted by Gasteiger charge is 2.33. The zero-order chi connectivity index (χ0) is 13.7. The summed E-state index contributed by atoms with van der Waals surface area (Å²) in [5.41, 5.74) is 1.60. The maximum Gasteiger partial charge on any atom is 0.339 e. The summed E-state index contributed by atoms with van der Waals surface area (Å²) in [5, 5.41) is 0. The maximum absolute atomic E-state index is 11.8. The molecule has 104 valence electrons. The third-order valence-electron chi connectivity index (χ3n) is 3.65. The van der Waals surface area contributed by atoms with Gasteiger partial charge in [0, 0.05) is 5.56 Å². The number of carbonyl (C=O) groups excluding carboxylic acids is 1. The first-order valence-corrected chi connectivity index (χ1v) is 7.15. The number of rotatable bonds is 7. The summed E-state index contributed by atoms with van der Waals surface area (Å²) in [4.78, 5) is 11.8. The van der Waals surface area contributed by atoms with E-state index in [0.29, 0.717) is 5.56 Å². The van der Waals surface area contributed by atoms with Crippen molar-refractivity contribution in [3.8, 4) is 5.75 Å². The second kappa shape index (κ2) is 6.60. The normalized spacial score (nSPS) is 17.2. The number of carbonyl (C=O) groups is 1. The van der Waals surface area contributed by atoms with E-state index in [9.17, 15) is 4.79 Å². The molecule has 0 aromatic heterocycles. The average Bonchev–Trinajstić information content (AvgIpc) is 2.76. The third kappa shape index (κ3) is 3.09. The van der Waals surface area contributed by atoms with Gasteiger partial charge in [0.05, 0.1) is 12.7 Å². The van der Waals surface area contributed by atoms with E-state index in [4.69, 9.17) is 9.47 Å². The van der Waals surface area contributed by atoms with Crippen LogP contribution in [0.2, 0.25) is 0 Å². The highest BCUT2D eigenvalue weighted by Crippen LogP contribution is 2.40. The van der Waals surface area contributed by atoms with E-state index in [-0.39, 0.29) is 12.1 Å². The maximum atomic E-state index is 11.8. The van der Waals surface area contributed by atoms with Crippen molar-refractivity contribution in [3.63, 3.8) is 0 Å². The number of hydrogen-bond acceptors (Lipinski definition) is 3. The second-order valence-electron chi connectivity index (χ2n) is 5.02. The molecule has 1 aromatic carbocycles. The Morgan fingerprint density at radius 2 is 2.00 bits per heavy atom. The van der Waals surface area contributed by atoms with E-state index in [2.05, 4.69) is 6.92 Å². The molecule has 0 amide bonds. The topological polar surface area (TPSA) is 35.5 Å². The lowest BCUT2D eigenvalue weighted by Gasteiger charge is -2.13. The molecule has 0 spiro atoms. The number of cyclic esters (lactones) is 1. The zero-order valence-electron chi connectivity index (χ0n) is 11.8. The molecule has 19 heavy (non-hydrogen) atoms. The first-order valence-electron chi connectivity index (χ1n) is 7.15. The smallest absolute Gasteiger partial charge is 0.339 e. The average molecular weight is 262 g/mol. The van der Waals surface area contributed by atoms with E-state index < -0.39 is 0 Å². The summed E-state index contributed by atoms with van der Waals surface area (Å²) in [6, 6.07) is 5.55. The van der Waals surface area contributed by atoms with E-state index in [1.54, 1.807) is 7.11 Å². The van der Waals surface area contributed by atoms with E-state index in [1.165, 1.54) is 25.7 Å². The van der Waals surface area contributed by atoms with Crippen LogP contribution in [0.3, 0.4) is 0 Å². The molecule has 0 radical (unpaired) electrons. The lowest BCUT2D eigenvalue weighted by Crippen LogP contribution is -2.00. The van der Waals surface area contributed by atoms with Crippen molar-refractivity contribution in [1.82, 2.24) is 0 Å². The first kappa shape index (κ1) is 13.9. The zero-order valence-corrected chi connectivity index (χ0v) is 11.8. The summed E-state index contributed by atoms with van der Waals surface area (Å²) in [6.07, 6.45) is 6.85. The second-order valence-corrected chi connectivity index (χ2v) is 5.02. The molecule has 3 nitrogen and oxygen atoms in total. The van der Waals surface area contributed by atoms with E-state index in [1.807, 2.05) is 18.2 Å². The first-order chi connectivity index (χ1) is 9.27. The molecule has 1 atom stereocenters. The largest absolute Gasteiger partial charge is 0.496 e. The predicted octanol–water partition coefficient (Wildman–Crippen LogP) is 4.27. The Balaban J connectivity index is 2.00. The number of benzene rings is 1. The standard InChI is InChI=1S/C16H22O3/c1-3-4-5-6-7-10-14-15-12(16(17)19-14)9-8-11-13(15)18-2/h8-9,11,14H,3-7,10H2,1-2H3. The number of methoxy groups -OCH3 is 1. The lowest BCUT2D eigenvalue weighted by molar-refractivity contribution is 0.0360. The molecule has 0 fully saturated rings. The summed E-state index contributed by atoms with van der Waals surface area (Å²) in [6.45, 7) is 2.21. The van der Waals surface area contributed by atoms with Crippen LogP contribution in [0.1, 0.15) is 67.5 Å². The van der Waals surface area contributed by atoms with Crippen LogP contribution in [-0.4, -0.2) is 13.1 Å². The van der Waals surface area contributed by atoms with Gasteiger partial charge < -0.3 is 9.47 Å². The van der Waals surface area contributed by atoms with Crippen LogP contribution in [0, 0.1) is 0 Å². The van der Waals surface area contributed by atoms with Gasteiger partial charge in [0.15, 0.2) is 0 Å². The van der Waals surface area contributed by atoms with Gasteiger partial charge in [-0.25, -0.2) is 4.79 Å². The predicted molar refractivity (Wildman–Crippen MR) is 74.5 cm³/mol. The molecule has 1 aliphatic rings. The number of unbranched alkanes of at least 4 members (excludes halogenated alkanes) is 4. The fraction of sp³-hybridized carbons (Fsp3) is 0.562. The minimum absolute atomic E-state index is 0.125. The Labute approximate surface area is 114 Å². The third-order valence-corrected chi connectivity index (χ3v) is 3.65. The molecular weight excluding hydrogens is 240 g/mol. The highest BCUT2D eigenvalue weighted by atomic mass is 16.6. The Morgan fingerprint density at radius 1 is 1.21 bits per heavy atom. The van der Waals surface area contributed by atoms with Gasteiger partial charge in [-0.15, -0.1) is 0 Å². The van der Waals surface area contributed by atoms with Gasteiger partial charge in [-0.05, 0) is 25.0 Å². The van der Waals surface area contributed by atoms with Gasteiger partial charge in [-0.2, -0.15) is 0 Å². The van der Waals surface area contributed by atoms with Crippen LogP contribution < -0.4 is 4.74 Å². The number of hydrogen-bond donors (Lipinski definition) is 0. The van der Waals surface area contributed by atoms with Crippen molar-refractivity contribution in [2.45, 2.75) is 51.6 Å². The Hall–Kier alpha value is -1.51. The Kier molecular flexibility index (Phi) is 4.83. The monoisotopic (exact) mass is 262 g/mol. The van der Waals surface area contributed by atoms with Gasteiger partial charge in [-0.1, -0.05) is 38.7 Å². The van der Waals surface area contributed by atoms with Gasteiger partial charge in [0.1, 0.15) is 11.9 Å². The van der Waals surface area contributed by atoms with E-state index >= 15 is 0 Å². The molecule has 0 N–H and O–H groups in total. The molecule has 0 saturated carbocycles. The molecule has 2 rings (SSSR count). The minimum Gasteiger partial charge on any atom is -0.496 e. The van der Waals surface area contributed by atoms with Crippen molar-refractivity contribution in [1.29, 1.82) is 0 Å². The molecule has 0 aliphatic carbocycles. The van der Waals surface area contributed by atoms with Gasteiger partial charge >= 0.3 is 5.97 Å². The summed E-state index contributed by atoms with van der Waals surface area (Å²) in [5.74, 6) is 0.550. The van der Waals surface area contributed by atoms with Crippen LogP contribution in [0.15, 0.2) is 18.2 Å². The number of ether oxygens (including phenoxy) is 2. The SMILES string of the molecule is CCCCCCCC1OC(=O)c2cccc(OC)c21. The van der Waals surface area contributed by atoms with Crippen molar-refractivity contribution in [2.24, 2.45) is 0 Å². The number of fused-ring (bicyclic) bond motifs is 1. The lowest BCUT2D eigenvalue weighted by atomic mass is 9.99. The molecule has 1 aliphatic heterocycles. The highest BCUT2D eigenvalue weighted by molar-refractivity contribution is 5.95. The summed E-state index contributed by atoms with van der Waals surface area (Å²) < 4.78 is 10.8. The van der Waals surface area contributed by atoms with Crippen LogP contribution in [0.5, 0.6) is 5.75 Å². The van der Waals surface area contributed by atoms with Crippen LogP contribution in [0.4, 0.5) is 0 Å². The fourth-order valence-electron chi connectivity index (χ4n) is 2.62. The van der Waals surface area contributed by atoms with Crippen LogP contribution in [0.25, 0.3) is 0 Å². The molecular formula is C16H22O3. The summed E-state index contributed by atoms with van der Waals surface area (Å²) in [7, 11) is 1.64. The molecule has 0 bridgehead atoms. The van der Waals surface area contributed by atoms with Gasteiger partial charge in [-0.3, -0.25) is 0 Å². The van der Waals surface area contributed by atoms with Crippen molar-refractivity contribution in [2.75, 3.05) is 7.11 Å². The minimum atomic E-state index is -0.215. The molecule has 1 unspecified atom stereocenters. The quantitative estimate of drug-likeness (QED) is 0.544. The van der Waals surface area contributed by atoms with Crippen molar-refractivity contribution in [3.05, 3.63) is 29.3 Å². The Morgan fingerprint density at radius 3 is 2.74 bits per heavy atom. The number of esters is 1. The molecule has 0 saturated heterocycles. The molecule has 1 aromatic rings. The van der Waals surface area contributed by atoms with Gasteiger partial charge in [0.25, 0.3) is 0 Å². The van der Waals surface area contributed by atoms with Crippen LogP contribution in [-0.2, 0) is 4.74 Å². The van der Waals surface area contributed by atoms with Crippen molar-refractivity contribution < 1.29 is 14.3 Å². The molecule has 3 heteroatoms. The van der Waals surface area contributed by atoms with Gasteiger partial charge in [0.2, 0.25) is 0 Å². The fourth-order valence-corrected chi connectivity index (χ4v) is 2.62. The van der Waals surface area contributed by atoms with Crippen LogP contribution >= 0.6 is 0 Å². The van der Waals surface area contributed by atoms with E-state index in [0.717, 1.165) is 24.2 Å². The molecule has 1 heterocycles. The summed E-state index contributed by atoms with van der Waals surface area (Å²) >= 11 is 0. The Bertz CT molecular complexity index is 440. The van der Waals surface area contributed by atoms with Crippen molar-refractivity contribution >= 4 is 5.97 Å².